The topological polar surface area (TPSA) is 83.2 Å². The minimum atomic E-state index is -0.379. The lowest BCUT2D eigenvalue weighted by atomic mass is 9.62. The molecule has 3 unspecified atom stereocenters. The normalized spacial score (nSPS) is 27.0. The number of rotatable bonds is 13. The van der Waals surface area contributed by atoms with E-state index >= 15 is 0 Å². The van der Waals surface area contributed by atoms with E-state index in [4.69, 9.17) is 9.47 Å². The summed E-state index contributed by atoms with van der Waals surface area (Å²) in [5.74, 6) is 0. The van der Waals surface area contributed by atoms with Crippen LogP contribution in [-0.4, -0.2) is 81.1 Å². The van der Waals surface area contributed by atoms with Crippen molar-refractivity contribution in [3.63, 3.8) is 0 Å². The summed E-state index contributed by atoms with van der Waals surface area (Å²) in [5, 5.41) is 6.32. The second-order valence-corrected chi connectivity index (χ2v) is 14.4. The minimum absolute atomic E-state index is 0.0466. The van der Waals surface area contributed by atoms with Crippen LogP contribution in [0.4, 0.5) is 9.59 Å². The Morgan fingerprint density at radius 1 is 1.09 bits per heavy atom. The highest BCUT2D eigenvalue weighted by Gasteiger charge is 2.42. The number of carbonyl (C=O) groups is 2. The number of epoxide rings is 1. The monoisotopic (exact) mass is 485 g/mol. The molecule has 1 saturated carbocycles. The molecule has 3 atom stereocenters. The molecule has 0 radical (unpaired) electrons. The van der Waals surface area contributed by atoms with Crippen molar-refractivity contribution in [2.24, 2.45) is 10.8 Å². The minimum Gasteiger partial charge on any atom is -0.447 e. The van der Waals surface area contributed by atoms with Gasteiger partial charge in [0, 0.05) is 44.7 Å². The largest absolute Gasteiger partial charge is 0.447 e. The summed E-state index contributed by atoms with van der Waals surface area (Å²) < 4.78 is 10.3. The molecule has 0 aromatic heterocycles. The molecule has 0 bridgehead atoms. The molecular weight excluding hydrogens is 438 g/mol. The Kier molecular flexibility index (Phi) is 11.0. The lowest BCUT2D eigenvalue weighted by Gasteiger charge is -2.47. The zero-order valence-corrected chi connectivity index (χ0v) is 24.0. The Morgan fingerprint density at radius 2 is 1.72 bits per heavy atom. The van der Waals surface area contributed by atoms with Crippen molar-refractivity contribution < 1.29 is 19.1 Å². The van der Waals surface area contributed by atoms with Crippen LogP contribution in [-0.2, 0) is 9.47 Å². The van der Waals surface area contributed by atoms with E-state index in [1.807, 2.05) is 0 Å². The molecule has 0 spiro atoms. The number of amides is 3. The average Bonchev–Trinajstić information content (AvgIpc) is 3.53. The van der Waals surface area contributed by atoms with Crippen molar-refractivity contribution in [2.45, 2.75) is 90.2 Å². The van der Waals surface area contributed by atoms with E-state index < -0.39 is 0 Å². The van der Waals surface area contributed by atoms with E-state index in [0.717, 1.165) is 45.2 Å². The summed E-state index contributed by atoms with van der Waals surface area (Å²) in [6.45, 7) is 14.7. The summed E-state index contributed by atoms with van der Waals surface area (Å²) in [6.07, 6.45) is 4.80. The van der Waals surface area contributed by atoms with Crippen LogP contribution in [0.1, 0.15) is 52.9 Å². The molecule has 1 aliphatic carbocycles. The van der Waals surface area contributed by atoms with Crippen LogP contribution in [0.15, 0.2) is 0 Å². The maximum atomic E-state index is 13.2. The highest BCUT2D eigenvalue weighted by molar-refractivity contribution is 6.33. The number of ether oxygens (including phenoxy) is 2. The predicted molar refractivity (Wildman–Crippen MR) is 136 cm³/mol. The van der Waals surface area contributed by atoms with Crippen LogP contribution in [0.25, 0.3) is 0 Å². The summed E-state index contributed by atoms with van der Waals surface area (Å²) in [4.78, 5) is 27.3. The van der Waals surface area contributed by atoms with E-state index in [9.17, 15) is 9.59 Å². The van der Waals surface area contributed by atoms with Gasteiger partial charge in [-0.25, -0.2) is 9.59 Å². The first-order valence-electron chi connectivity index (χ1n) is 12.7. The van der Waals surface area contributed by atoms with Gasteiger partial charge >= 0.3 is 12.1 Å². The first-order chi connectivity index (χ1) is 15.2. The van der Waals surface area contributed by atoms with Crippen LogP contribution < -0.4 is 10.6 Å². The molecule has 0 aromatic rings. The Morgan fingerprint density at radius 3 is 2.28 bits per heavy atom. The van der Waals surface area contributed by atoms with Gasteiger partial charge in [-0.3, -0.25) is 0 Å². The predicted octanol–water partition coefficient (Wildman–Crippen LogP) is 2.76. The highest BCUT2D eigenvalue weighted by atomic mass is 28.2. The van der Waals surface area contributed by atoms with Gasteiger partial charge in [-0.2, -0.15) is 0 Å². The third kappa shape index (κ3) is 10.2. The van der Waals surface area contributed by atoms with Crippen LogP contribution >= 0.6 is 0 Å². The number of nitrogens with one attached hydrogen (secondary N) is 2. The van der Waals surface area contributed by atoms with Crippen molar-refractivity contribution in [3.8, 4) is 0 Å². The van der Waals surface area contributed by atoms with Crippen molar-refractivity contribution in [1.82, 2.24) is 15.5 Å². The Hall–Kier alpha value is -1.07. The maximum Gasteiger partial charge on any atom is 0.407 e. The molecular formula is C23H47N3O4Si2. The second-order valence-electron chi connectivity index (χ2n) is 11.0. The van der Waals surface area contributed by atoms with Crippen molar-refractivity contribution >= 4 is 31.2 Å². The average molecular weight is 486 g/mol. The Bertz CT molecular complexity index is 594. The molecule has 1 saturated heterocycles. The van der Waals surface area contributed by atoms with Gasteiger partial charge in [0.2, 0.25) is 0 Å². The zero-order valence-electron chi connectivity index (χ0n) is 21.1. The van der Waals surface area contributed by atoms with E-state index in [2.05, 4.69) is 49.4 Å². The Balaban J connectivity index is 1.90. The number of alkyl carbamates (subject to hydrolysis) is 1. The molecule has 7 nitrogen and oxygen atoms in total. The molecule has 1 heterocycles. The summed E-state index contributed by atoms with van der Waals surface area (Å²) >= 11 is 0. The smallest absolute Gasteiger partial charge is 0.407 e. The van der Waals surface area contributed by atoms with Gasteiger partial charge in [0.1, 0.15) is 12.7 Å². The molecule has 2 rings (SSSR count). The van der Waals surface area contributed by atoms with Gasteiger partial charge in [0.15, 0.2) is 0 Å². The van der Waals surface area contributed by atoms with E-state index in [-0.39, 0.29) is 54.1 Å². The first kappa shape index (κ1) is 27.2. The lowest BCUT2D eigenvalue weighted by molar-refractivity contribution is 0.0667. The highest BCUT2D eigenvalue weighted by Crippen LogP contribution is 2.45. The Labute approximate surface area is 199 Å². The fraction of sp³-hybridized carbons (Fsp3) is 0.913. The molecule has 1 aliphatic heterocycles. The van der Waals surface area contributed by atoms with Gasteiger partial charge in [-0.05, 0) is 42.9 Å². The summed E-state index contributed by atoms with van der Waals surface area (Å²) in [5.41, 5.74) is 0.0199. The summed E-state index contributed by atoms with van der Waals surface area (Å²) in [7, 11) is 0.0932. The van der Waals surface area contributed by atoms with Crippen molar-refractivity contribution in [2.75, 3.05) is 32.8 Å². The van der Waals surface area contributed by atoms with Gasteiger partial charge < -0.3 is 25.0 Å². The number of carbonyl (C=O) groups excluding carboxylic acids is 2. The van der Waals surface area contributed by atoms with E-state index in [0.29, 0.717) is 19.8 Å². The lowest BCUT2D eigenvalue weighted by Crippen LogP contribution is -2.53. The number of hydrogen-bond acceptors (Lipinski definition) is 4. The molecule has 0 aromatic carbocycles. The number of nitrogens with zero attached hydrogens (tertiary/aromatic N) is 1. The maximum absolute atomic E-state index is 13.2. The van der Waals surface area contributed by atoms with Gasteiger partial charge in [-0.15, -0.1) is 0 Å². The van der Waals surface area contributed by atoms with Crippen LogP contribution in [0.3, 0.4) is 0 Å². The molecule has 2 aliphatic rings. The third-order valence-corrected chi connectivity index (χ3v) is 9.00. The van der Waals surface area contributed by atoms with Gasteiger partial charge in [-0.1, -0.05) is 46.0 Å². The van der Waals surface area contributed by atoms with Crippen LogP contribution in [0, 0.1) is 10.8 Å². The zero-order chi connectivity index (χ0) is 23.6. The van der Waals surface area contributed by atoms with Crippen molar-refractivity contribution in [3.05, 3.63) is 0 Å². The number of hydrogen-bond donors (Lipinski definition) is 2. The van der Waals surface area contributed by atoms with E-state index in [1.54, 1.807) is 0 Å². The molecule has 32 heavy (non-hydrogen) atoms. The quantitative estimate of drug-likeness (QED) is 0.239. The first-order valence-corrected chi connectivity index (χ1v) is 17.6. The number of urea groups is 1. The van der Waals surface area contributed by atoms with Crippen molar-refractivity contribution in [1.29, 1.82) is 0 Å². The fourth-order valence-electron chi connectivity index (χ4n) is 5.23. The molecule has 2 fully saturated rings. The van der Waals surface area contributed by atoms with Gasteiger partial charge in [0.05, 0.1) is 6.61 Å². The second kappa shape index (κ2) is 13.0. The summed E-state index contributed by atoms with van der Waals surface area (Å²) in [6, 6.07) is 2.82. The molecule has 9 heteroatoms. The van der Waals surface area contributed by atoms with Crippen LogP contribution in [0.2, 0.25) is 25.2 Å². The molecule has 3 amide bonds. The molecule has 186 valence electrons. The standard InChI is InChI=1S/C23H47N3O4Si2/c1-22(2)12-18(25-20(27)26(8-6-10-31-4)9-7-11-32-5)13-23(3,16-22)17-24-21(28)30-15-19-14-29-19/h18-19H,6-17,31-32H2,1-5H3,(H,24,28)(H,25,27). The molecule has 2 N–H and O–H groups in total. The fourth-order valence-corrected chi connectivity index (χ4v) is 6.67. The van der Waals surface area contributed by atoms with Gasteiger partial charge in [0.25, 0.3) is 0 Å². The SMILES string of the molecule is C[SiH2]CCCN(CCC[SiH2]C)C(=O)NC1CC(C)(C)CC(C)(CNC(=O)OCC2CO2)C1. The van der Waals surface area contributed by atoms with E-state index in [1.165, 1.54) is 12.1 Å². The third-order valence-electron chi connectivity index (χ3n) is 6.58. The van der Waals surface area contributed by atoms with Crippen LogP contribution in [0.5, 0.6) is 0 Å².